The van der Waals surface area contributed by atoms with Crippen LogP contribution in [0.4, 0.5) is 0 Å². The molecular formula is Rf28. The fourth-order valence-electron chi connectivity index (χ4n) is 0. The van der Waals surface area contributed by atoms with Crippen molar-refractivity contribution in [3.05, 3.63) is 0 Å². The largest absolute Gasteiger partial charge is 0 e. The van der Waals surface area contributed by atoms with Gasteiger partial charge in [-0.25, -0.2) is 0 Å². The maximum Gasteiger partial charge on any atom is 0 e. The summed E-state index contributed by atoms with van der Waals surface area (Å²) in [6, 6.07) is 0. The molecule has 0 heterocycles. The molecule has 0 spiro atoms. The minimum Gasteiger partial charge on any atom is 0 e. The van der Waals surface area contributed by atoms with Crippen LogP contribution in [0.25, 0.3) is 0 Å². The molecule has 0 amide bonds. The van der Waals surface area contributed by atoms with Gasteiger partial charge in [0, 0.05) is 0 Å². The SMILES string of the molecule is [Rf].[Rf].[Rf].[Rf].[Rf].[Rf].[Rf].[Rf].[Rf].[Rf].[Rf].[Rf].[Rf].[Rf].[Rf].[Rf].[Rf].[Rf].[Rf].[Rf].[Rf].[Rf].[Rf].[Rf].[Rf].[Rf].[Rf].[Rf]. The molecule has 0 aromatic heterocycles. The molecule has 0 aliphatic rings. The third kappa shape index (κ3) is -0.0230. The van der Waals surface area contributed by atoms with Gasteiger partial charge in [-0.3, -0.25) is 0 Å². The van der Waals surface area contributed by atoms with Crippen LogP contribution in [0.1, 0.15) is 0 Å². The summed E-state index contributed by atoms with van der Waals surface area (Å²) in [5.41, 5.74) is 0. The first-order chi connectivity index (χ1) is 0. The average Bonchev–Trinajstić information content (AvgIpc) is 0. The molecule has 56 valence electrons. The third-order valence-corrected chi connectivity index (χ3v) is 0. The molecule has 0 aromatic rings. The van der Waals surface area contributed by atoms with Gasteiger partial charge in [0.2, 0.25) is 0 Å². The van der Waals surface area contributed by atoms with Gasteiger partial charge in [0.15, 0.2) is 0 Å². The Bertz CT molecular complexity index is 0. The van der Waals surface area contributed by atoms with Crippen LogP contribution in [0.2, 0.25) is 0 Å². The van der Waals surface area contributed by atoms with Gasteiger partial charge in [-0.1, -0.05) is 0 Å². The van der Waals surface area contributed by atoms with E-state index < -0.39 is 0 Å². The normalized spacial score (nSPS) is 0. The predicted octanol–water partition coefficient (Wildman–Crippen LogP) is 0. The molecule has 0 fully saturated rings. The van der Waals surface area contributed by atoms with Crippen LogP contribution in [0.15, 0.2) is 0 Å². The number of hydrogen-bond donors (Lipinski definition) is 0. The van der Waals surface area contributed by atoms with E-state index in [-0.39, 0.29) is 0 Å². The minimum absolute atomic E-state index is 0. The zero-order valence-electron chi connectivity index (χ0n) is 19.8. The maximum atomic E-state index is 0. The van der Waals surface area contributed by atoms with E-state index in [1.54, 1.807) is 0 Å². The first-order valence-electron chi connectivity index (χ1n) is 0. The Morgan fingerprint density at radius 2 is 0.0357 bits per heavy atom. The summed E-state index contributed by atoms with van der Waals surface area (Å²) in [4.78, 5) is 0. The number of hydrogen-bond acceptors (Lipinski definition) is 0. The smallest absolute Gasteiger partial charge is 0 e. The van der Waals surface area contributed by atoms with Gasteiger partial charge in [0.1, 0.15) is 0 Å². The third-order valence-electron chi connectivity index (χ3n) is 0. The van der Waals surface area contributed by atoms with Crippen LogP contribution < -0.4 is 0 Å². The Labute approximate surface area is 0 Å². The molecule has 0 aromatic carbocycles. The second-order valence-electron chi connectivity index (χ2n) is 0. The van der Waals surface area contributed by atoms with Crippen LogP contribution in [-0.2, 0) is 0 Å². The van der Waals surface area contributed by atoms with E-state index in [1.807, 2.05) is 0 Å². The zero-order chi connectivity index (χ0) is 0. The summed E-state index contributed by atoms with van der Waals surface area (Å²) in [6.45, 7) is 0. The summed E-state index contributed by atoms with van der Waals surface area (Å²) < 4.78 is 0. The summed E-state index contributed by atoms with van der Waals surface area (Å²) in [7, 11) is 0. The van der Waals surface area contributed by atoms with E-state index >= 15 is 0 Å². The summed E-state index contributed by atoms with van der Waals surface area (Å²) in [6.07, 6.45) is 0. The van der Waals surface area contributed by atoms with Crippen molar-refractivity contribution in [3.8, 4) is 0 Å². The average molecular weight is 7480 g/mol. The Morgan fingerprint density at radius 3 is 0.0357 bits per heavy atom. The Morgan fingerprint density at radius 1 is 0.0357 bits per heavy atom. The van der Waals surface area contributed by atoms with Crippen molar-refractivity contribution in [1.29, 1.82) is 0 Å². The van der Waals surface area contributed by atoms with Gasteiger partial charge in [-0.05, 0) is 0 Å². The molecule has 0 radical (unpaired) electrons. The van der Waals surface area contributed by atoms with Gasteiger partial charge in [0.05, 0.1) is 0 Å². The van der Waals surface area contributed by atoms with E-state index in [9.17, 15) is 0 Å². The van der Waals surface area contributed by atoms with Gasteiger partial charge in [0.25, 0.3) is 0 Å². The molecule has 28 heavy (non-hydrogen) atoms. The molecule has 0 bridgehead atoms. The van der Waals surface area contributed by atoms with Crippen molar-refractivity contribution >= 4 is 0 Å². The van der Waals surface area contributed by atoms with Crippen LogP contribution in [0, 0.1) is 0 Å². The van der Waals surface area contributed by atoms with E-state index in [2.05, 4.69) is 0 Å². The zero-order valence-corrected chi connectivity index (χ0v) is 199. The first kappa shape index (κ1) is 0. The molecule has 0 rings (SSSR count). The van der Waals surface area contributed by atoms with E-state index in [0.717, 1.165) is 0 Å². The second kappa shape index (κ2) is -0.00510. The molecule has 0 atom stereocenters. The molecule has 0 saturated heterocycles. The van der Waals surface area contributed by atoms with E-state index in [4.69, 9.17) is 0 Å². The standard InChI is InChI=1S/28Rf. The van der Waals surface area contributed by atoms with Crippen LogP contribution >= 0.6 is 0 Å². The first-order valence-corrected chi connectivity index (χ1v) is 0. The minimum atomic E-state index is 0. The van der Waals surface area contributed by atoms with Crippen molar-refractivity contribution in [2.24, 2.45) is 0 Å². The van der Waals surface area contributed by atoms with Crippen molar-refractivity contribution < 1.29 is 0 Å². The molecule has 28 heteroatoms. The molecular weight excluding hydrogens is 7480 g/mol. The van der Waals surface area contributed by atoms with Crippen molar-refractivity contribution in [1.82, 2.24) is 0 Å². The van der Waals surface area contributed by atoms with Crippen molar-refractivity contribution in [2.75, 3.05) is 0 Å². The number of rotatable bonds is 0. The van der Waals surface area contributed by atoms with Gasteiger partial charge in [-0.2, -0.15) is 0 Å². The molecule has 0 N–H and O–H groups in total. The Balaban J connectivity index is 0. The summed E-state index contributed by atoms with van der Waals surface area (Å²) in [5.74, 6) is 0. The van der Waals surface area contributed by atoms with Crippen LogP contribution in [0.3, 0.4) is 0 Å². The Kier molecular flexibility index (Phi) is 0. The molecule has 0 saturated carbocycles. The van der Waals surface area contributed by atoms with Crippen LogP contribution in [-0.4, -0.2) is 0 Å². The molecule has 0 nitrogen and oxygen atoms in total. The van der Waals surface area contributed by atoms with Gasteiger partial charge < -0.3 is 0 Å². The van der Waals surface area contributed by atoms with E-state index in [0.29, 0.717) is 0 Å². The second-order valence-corrected chi connectivity index (χ2v) is 0. The molecule has 0 aliphatic carbocycles. The van der Waals surface area contributed by atoms with E-state index in [1.165, 1.54) is 0 Å². The summed E-state index contributed by atoms with van der Waals surface area (Å²) >= 11 is 0. The fraction of sp³-hybridized carbons (Fsp3) is 0. The quantitative estimate of drug-likeness (QED) is 0.321. The monoisotopic (exact) mass is 7480 g/mol. The fourth-order valence-corrected chi connectivity index (χ4v) is 0. The van der Waals surface area contributed by atoms with Crippen LogP contribution in [0.5, 0.6) is 0 Å². The Hall–Kier alpha value is -28.0. The van der Waals surface area contributed by atoms with Crippen molar-refractivity contribution in [3.63, 3.8) is 0 Å². The summed E-state index contributed by atoms with van der Waals surface area (Å²) in [5, 5.41) is 0. The maximum absolute atomic E-state index is 0. The van der Waals surface area contributed by atoms with Gasteiger partial charge in [-0.15, -0.1) is 0 Å². The molecule has 0 unspecified atom stereocenters. The van der Waals surface area contributed by atoms with Gasteiger partial charge >= 0.3 is 0 Å². The van der Waals surface area contributed by atoms with Crippen molar-refractivity contribution in [2.45, 2.75) is 0 Å². The predicted molar refractivity (Wildman–Crippen MR) is 0 cm³/mol. The molecule has 0 aliphatic heterocycles. The topological polar surface area (TPSA) is 0 Å².